The van der Waals surface area contributed by atoms with Crippen molar-refractivity contribution in [1.29, 1.82) is 0 Å². The first-order valence-corrected chi connectivity index (χ1v) is 18.1. The number of hydrogen-bond acceptors (Lipinski definition) is 5. The van der Waals surface area contributed by atoms with Crippen molar-refractivity contribution in [2.24, 2.45) is 0 Å². The van der Waals surface area contributed by atoms with Gasteiger partial charge in [-0.1, -0.05) is 69.3 Å². The number of alkyl halides is 3. The van der Waals surface area contributed by atoms with Crippen LogP contribution in [0.1, 0.15) is 120 Å². The first kappa shape index (κ1) is 49.4. The molecule has 0 radical (unpaired) electrons. The summed E-state index contributed by atoms with van der Waals surface area (Å²) in [6, 6.07) is 11.5. The van der Waals surface area contributed by atoms with Gasteiger partial charge in [-0.2, -0.15) is 18.1 Å². The SMILES string of the molecule is CC(=O)C(c1cccc(C)c1C1CCCCC1)N(C)CCC(c1cc(Cl)ccc1F)N1CCN(C(C)C)CC1.CCC.FOCC(F)(F)F.[CH3-].[Cr]. The number of nitrogens with zero attached hydrogens (tertiary/aromatic N) is 3. The van der Waals surface area contributed by atoms with Crippen LogP contribution in [0, 0.1) is 20.2 Å². The normalized spacial score (nSPS) is 16.9. The van der Waals surface area contributed by atoms with Crippen LogP contribution in [-0.4, -0.2) is 79.1 Å². The van der Waals surface area contributed by atoms with Gasteiger partial charge >= 0.3 is 6.18 Å². The van der Waals surface area contributed by atoms with Gasteiger partial charge in [0.05, 0.1) is 6.04 Å². The molecule has 0 spiro atoms. The van der Waals surface area contributed by atoms with Crippen LogP contribution in [0.4, 0.5) is 22.1 Å². The Kier molecular flexibility index (Phi) is 23.9. The maximum absolute atomic E-state index is 15.2. The van der Waals surface area contributed by atoms with E-state index in [1.807, 2.05) is 0 Å². The zero-order valence-electron chi connectivity index (χ0n) is 31.8. The van der Waals surface area contributed by atoms with Crippen molar-refractivity contribution < 1.29 is 49.2 Å². The van der Waals surface area contributed by atoms with Gasteiger partial charge in [0, 0.05) is 72.8 Å². The van der Waals surface area contributed by atoms with Gasteiger partial charge in [0.15, 0.2) is 12.4 Å². The van der Waals surface area contributed by atoms with Gasteiger partial charge in [0.25, 0.3) is 0 Å². The first-order valence-electron chi connectivity index (χ1n) is 17.7. The van der Waals surface area contributed by atoms with Crippen molar-refractivity contribution in [3.63, 3.8) is 0 Å². The number of carbonyl (C=O) groups excluding carboxylic acids is 1. The van der Waals surface area contributed by atoms with Crippen LogP contribution in [0.5, 0.6) is 0 Å². The zero-order valence-corrected chi connectivity index (χ0v) is 33.8. The minimum Gasteiger partial charge on any atom is -0.358 e. The van der Waals surface area contributed by atoms with E-state index in [-0.39, 0.29) is 48.5 Å². The van der Waals surface area contributed by atoms with Gasteiger partial charge in [0.1, 0.15) is 5.82 Å². The minimum atomic E-state index is -4.55. The summed E-state index contributed by atoms with van der Waals surface area (Å²) in [6.45, 7) is 15.2. The van der Waals surface area contributed by atoms with Gasteiger partial charge < -0.3 is 7.43 Å². The molecule has 12 heteroatoms. The van der Waals surface area contributed by atoms with Crippen LogP contribution < -0.4 is 0 Å². The molecule has 2 aromatic carbocycles. The Labute approximate surface area is 320 Å². The molecule has 0 bridgehead atoms. The van der Waals surface area contributed by atoms with Gasteiger partial charge in [-0.3, -0.25) is 19.5 Å². The van der Waals surface area contributed by atoms with E-state index in [9.17, 15) is 22.5 Å². The van der Waals surface area contributed by atoms with Crippen molar-refractivity contribution in [2.45, 2.75) is 117 Å². The molecular formula is C39H60ClCrF5N3O2-. The van der Waals surface area contributed by atoms with Crippen molar-refractivity contribution in [1.82, 2.24) is 14.7 Å². The molecule has 1 heterocycles. The molecule has 0 aromatic heterocycles. The molecule has 1 saturated heterocycles. The standard InChI is InChI=1S/C33H47ClFN3O.C3H8.C2H2F4O.CH3.Cr/c1-23(2)37-18-20-38(21-19-37)31(29-22-27(34)14-15-30(29)35)16-17-36(5)33(25(4)39)28-13-9-10-24(3)32(28)26-11-7-6-8-12-26;1-3-2;3-2(4,5)1-7-6;;/h9-10,13-15,22-23,26,31,33H,6-8,11-12,16-21H2,1-5H3;3H2,1-2H3;1H2;1H3;/q;;;-1;. The summed E-state index contributed by atoms with van der Waals surface area (Å²) in [6.07, 6.45) is 3.65. The molecule has 2 fully saturated rings. The molecule has 1 saturated carbocycles. The maximum Gasteiger partial charge on any atom is 0.415 e. The Bertz CT molecular complexity index is 1270. The van der Waals surface area contributed by atoms with E-state index in [1.54, 1.807) is 19.1 Å². The summed E-state index contributed by atoms with van der Waals surface area (Å²) in [4.78, 5) is 22.6. The van der Waals surface area contributed by atoms with Gasteiger partial charge in [0.2, 0.25) is 0 Å². The predicted octanol–water partition coefficient (Wildman–Crippen LogP) is 10.9. The molecule has 51 heavy (non-hydrogen) atoms. The molecule has 2 aromatic rings. The molecular weight excluding hydrogens is 725 g/mol. The van der Waals surface area contributed by atoms with Gasteiger partial charge in [-0.25, -0.2) is 4.39 Å². The number of Topliss-reactive ketones (excluding diaryl/α,β-unsaturated/α-hetero) is 1. The number of rotatable bonds is 11. The van der Waals surface area contributed by atoms with Crippen molar-refractivity contribution >= 4 is 17.4 Å². The summed E-state index contributed by atoms with van der Waals surface area (Å²) in [7, 11) is 2.06. The van der Waals surface area contributed by atoms with Crippen LogP contribution >= 0.6 is 11.6 Å². The summed E-state index contributed by atoms with van der Waals surface area (Å²) < 4.78 is 57.5. The van der Waals surface area contributed by atoms with Crippen LogP contribution in [0.2, 0.25) is 5.02 Å². The third-order valence-corrected chi connectivity index (χ3v) is 9.54. The molecule has 1 aliphatic heterocycles. The van der Waals surface area contributed by atoms with E-state index >= 15 is 4.39 Å². The molecule has 1 aliphatic carbocycles. The van der Waals surface area contributed by atoms with Crippen molar-refractivity contribution in [2.75, 3.05) is 46.4 Å². The third-order valence-electron chi connectivity index (χ3n) is 9.30. The van der Waals surface area contributed by atoms with Crippen LogP contribution in [0.3, 0.4) is 0 Å². The third kappa shape index (κ3) is 16.1. The van der Waals surface area contributed by atoms with E-state index in [4.69, 9.17) is 11.6 Å². The fourth-order valence-electron chi connectivity index (χ4n) is 7.04. The fourth-order valence-corrected chi connectivity index (χ4v) is 7.23. The van der Waals surface area contributed by atoms with E-state index in [0.717, 1.165) is 38.2 Å². The summed E-state index contributed by atoms with van der Waals surface area (Å²) in [5, 5.41) is 0.559. The maximum atomic E-state index is 15.2. The second-order valence-electron chi connectivity index (χ2n) is 13.6. The number of carbonyl (C=O) groups is 1. The molecule has 2 atom stereocenters. The van der Waals surface area contributed by atoms with E-state index < -0.39 is 12.8 Å². The van der Waals surface area contributed by atoms with E-state index in [0.29, 0.717) is 29.1 Å². The molecule has 5 nitrogen and oxygen atoms in total. The van der Waals surface area contributed by atoms with E-state index in [1.165, 1.54) is 55.7 Å². The Morgan fingerprint density at radius 2 is 1.57 bits per heavy atom. The molecule has 2 aliphatic rings. The molecule has 0 amide bonds. The predicted molar refractivity (Wildman–Crippen MR) is 196 cm³/mol. The summed E-state index contributed by atoms with van der Waals surface area (Å²) >= 11 is 6.36. The number of hydrogen-bond donors (Lipinski definition) is 0. The Hall–Kier alpha value is -1.58. The van der Waals surface area contributed by atoms with Crippen molar-refractivity contribution in [3.05, 3.63) is 76.9 Å². The minimum absolute atomic E-state index is 0. The van der Waals surface area contributed by atoms with Crippen molar-refractivity contribution in [3.8, 4) is 0 Å². The quantitative estimate of drug-likeness (QED) is 0.168. The average Bonchev–Trinajstić information content (AvgIpc) is 3.03. The summed E-state index contributed by atoms with van der Waals surface area (Å²) in [5.41, 5.74) is 4.49. The second kappa shape index (κ2) is 24.7. The molecule has 292 valence electrons. The number of aryl methyl sites for hydroxylation is 1. The first-order chi connectivity index (χ1) is 23.1. The number of ketones is 1. The van der Waals surface area contributed by atoms with Gasteiger partial charge in [-0.15, -0.1) is 0 Å². The van der Waals surface area contributed by atoms with Crippen LogP contribution in [0.15, 0.2) is 36.4 Å². The topological polar surface area (TPSA) is 36.0 Å². The fraction of sp³-hybridized carbons (Fsp3) is 0.641. The Morgan fingerprint density at radius 1 is 1.00 bits per heavy atom. The average molecular weight is 785 g/mol. The number of benzene rings is 2. The molecule has 0 N–H and O–H groups in total. The van der Waals surface area contributed by atoms with E-state index in [2.05, 4.69) is 79.5 Å². The number of likely N-dealkylation sites (N-methyl/N-ethyl adjacent to an activating group) is 1. The molecule has 4 rings (SSSR count). The number of piperazine rings is 1. The Balaban J connectivity index is 0.00000184. The van der Waals surface area contributed by atoms with Gasteiger partial charge in [-0.05, 0) is 99.3 Å². The largest absolute Gasteiger partial charge is 0.415 e. The van der Waals surface area contributed by atoms with Crippen LogP contribution in [-0.2, 0) is 27.1 Å². The number of halogens is 6. The Morgan fingerprint density at radius 3 is 2.06 bits per heavy atom. The zero-order chi connectivity index (χ0) is 36.7. The summed E-state index contributed by atoms with van der Waals surface area (Å²) in [5.74, 6) is 0.478. The molecule has 2 unspecified atom stereocenters. The second-order valence-corrected chi connectivity index (χ2v) is 14.1. The monoisotopic (exact) mass is 784 g/mol. The smallest absolute Gasteiger partial charge is 0.358 e. The van der Waals surface area contributed by atoms with Crippen LogP contribution in [0.25, 0.3) is 0 Å².